The van der Waals surface area contributed by atoms with E-state index in [0.717, 1.165) is 45.6 Å². The Bertz CT molecular complexity index is 973. The van der Waals surface area contributed by atoms with E-state index >= 15 is 0 Å². The van der Waals surface area contributed by atoms with E-state index < -0.39 is 5.63 Å². The summed E-state index contributed by atoms with van der Waals surface area (Å²) >= 11 is 0. The van der Waals surface area contributed by atoms with Crippen molar-refractivity contribution in [3.63, 3.8) is 0 Å². The fraction of sp³-hybridized carbons (Fsp3) is 0.524. The number of likely N-dealkylation sites (tertiary alicyclic amines) is 1. The van der Waals surface area contributed by atoms with E-state index in [4.69, 9.17) is 13.9 Å². The molecule has 3 heterocycles. The van der Waals surface area contributed by atoms with Crippen molar-refractivity contribution in [2.45, 2.75) is 32.6 Å². The van der Waals surface area contributed by atoms with E-state index in [9.17, 15) is 14.7 Å². The highest BCUT2D eigenvalue weighted by atomic mass is 16.5. The molecule has 2 saturated heterocycles. The molecule has 7 heteroatoms. The summed E-state index contributed by atoms with van der Waals surface area (Å²) in [5.41, 5.74) is 0.945. The Morgan fingerprint density at radius 2 is 2.04 bits per heavy atom. The molecule has 0 atom stereocenters. The maximum Gasteiger partial charge on any atom is 0.340 e. The van der Waals surface area contributed by atoms with Crippen molar-refractivity contribution in [1.29, 1.82) is 0 Å². The summed E-state index contributed by atoms with van der Waals surface area (Å²) in [4.78, 5) is 27.3. The number of aryl methyl sites for hydroxylation is 1. The molecule has 2 aliphatic rings. The summed E-state index contributed by atoms with van der Waals surface area (Å²) in [6.07, 6.45) is 2.97. The Balaban J connectivity index is 1.60. The zero-order chi connectivity index (χ0) is 19.9. The summed E-state index contributed by atoms with van der Waals surface area (Å²) in [5.74, 6) is 0.145. The highest BCUT2D eigenvalue weighted by Gasteiger charge is 2.41. The van der Waals surface area contributed by atoms with Gasteiger partial charge < -0.3 is 23.9 Å². The van der Waals surface area contributed by atoms with Crippen molar-refractivity contribution >= 4 is 16.9 Å². The first-order valence-corrected chi connectivity index (χ1v) is 9.61. The fourth-order valence-electron chi connectivity index (χ4n) is 4.40. The highest BCUT2D eigenvalue weighted by molar-refractivity contribution is 5.87. The number of benzene rings is 1. The van der Waals surface area contributed by atoms with Crippen molar-refractivity contribution in [2.75, 3.05) is 33.4 Å². The molecule has 1 aromatic carbocycles. The van der Waals surface area contributed by atoms with E-state index in [1.54, 1.807) is 13.0 Å². The van der Waals surface area contributed by atoms with Crippen LogP contribution in [0.25, 0.3) is 11.0 Å². The fourth-order valence-corrected chi connectivity index (χ4v) is 4.40. The standard InChI is InChI=1S/C21H25NO6/c1-13-14-9-18(26-2)16(23)11-17(14)28-20(25)15(13)10-19(24)22-6-3-21(12-22)4-7-27-8-5-21/h9,11,23H,3-8,10,12H2,1-2H3. The minimum absolute atomic E-state index is 0.0138. The Kier molecular flexibility index (Phi) is 4.79. The summed E-state index contributed by atoms with van der Waals surface area (Å²) in [6.45, 7) is 4.75. The lowest BCUT2D eigenvalue weighted by Crippen LogP contribution is -2.36. The van der Waals surface area contributed by atoms with E-state index in [1.165, 1.54) is 13.2 Å². The Morgan fingerprint density at radius 3 is 2.75 bits per heavy atom. The van der Waals surface area contributed by atoms with Gasteiger partial charge >= 0.3 is 5.63 Å². The number of carbonyl (C=O) groups excluding carboxylic acids is 1. The molecule has 28 heavy (non-hydrogen) atoms. The molecule has 1 amide bonds. The van der Waals surface area contributed by atoms with Crippen LogP contribution in [0.1, 0.15) is 30.4 Å². The molecule has 150 valence electrons. The summed E-state index contributed by atoms with van der Waals surface area (Å²) in [5, 5.41) is 10.6. The Morgan fingerprint density at radius 1 is 1.29 bits per heavy atom. The maximum atomic E-state index is 12.9. The van der Waals surface area contributed by atoms with Gasteiger partial charge in [-0.1, -0.05) is 0 Å². The van der Waals surface area contributed by atoms with E-state index in [1.807, 2.05) is 4.90 Å². The number of methoxy groups -OCH3 is 1. The molecule has 1 spiro atoms. The van der Waals surface area contributed by atoms with Gasteiger partial charge in [-0.2, -0.15) is 0 Å². The molecule has 4 rings (SSSR count). The van der Waals surface area contributed by atoms with Crippen molar-refractivity contribution in [3.8, 4) is 11.5 Å². The van der Waals surface area contributed by atoms with E-state index in [-0.39, 0.29) is 29.1 Å². The quantitative estimate of drug-likeness (QED) is 0.814. The van der Waals surface area contributed by atoms with Gasteiger partial charge in [-0.15, -0.1) is 0 Å². The number of nitrogens with zero attached hydrogens (tertiary/aromatic N) is 1. The van der Waals surface area contributed by atoms with Crippen LogP contribution in [0.3, 0.4) is 0 Å². The molecule has 2 aliphatic heterocycles. The zero-order valence-electron chi connectivity index (χ0n) is 16.2. The minimum Gasteiger partial charge on any atom is -0.504 e. The number of aromatic hydroxyl groups is 1. The zero-order valence-corrected chi connectivity index (χ0v) is 16.2. The van der Waals surface area contributed by atoms with Crippen LogP contribution in [-0.2, 0) is 16.0 Å². The first-order chi connectivity index (χ1) is 13.4. The van der Waals surface area contributed by atoms with Gasteiger partial charge in [-0.05, 0) is 43.2 Å². The van der Waals surface area contributed by atoms with E-state index in [2.05, 4.69) is 0 Å². The monoisotopic (exact) mass is 387 g/mol. The molecule has 7 nitrogen and oxygen atoms in total. The molecule has 2 fully saturated rings. The van der Waals surface area contributed by atoms with Crippen molar-refractivity contribution in [2.24, 2.45) is 5.41 Å². The van der Waals surface area contributed by atoms with Crippen LogP contribution in [0.5, 0.6) is 11.5 Å². The van der Waals surface area contributed by atoms with Crippen LogP contribution in [-0.4, -0.2) is 49.3 Å². The van der Waals surface area contributed by atoms with Crippen LogP contribution < -0.4 is 10.4 Å². The number of hydrogen-bond acceptors (Lipinski definition) is 6. The lowest BCUT2D eigenvalue weighted by Gasteiger charge is -2.33. The molecular formula is C21H25NO6. The number of phenolic OH excluding ortho intramolecular Hbond substituents is 1. The van der Waals surface area contributed by atoms with Gasteiger partial charge in [-0.3, -0.25) is 4.79 Å². The molecule has 1 aromatic heterocycles. The third kappa shape index (κ3) is 3.24. The lowest BCUT2D eigenvalue weighted by atomic mass is 9.80. The van der Waals surface area contributed by atoms with Crippen LogP contribution in [0.2, 0.25) is 0 Å². The molecule has 0 aliphatic carbocycles. The molecular weight excluding hydrogens is 362 g/mol. The number of ether oxygens (including phenoxy) is 2. The summed E-state index contributed by atoms with van der Waals surface area (Å²) in [7, 11) is 1.46. The predicted octanol–water partition coefficient (Wildman–Crippen LogP) is 2.39. The second kappa shape index (κ2) is 7.13. The molecule has 0 unspecified atom stereocenters. The topological polar surface area (TPSA) is 89.2 Å². The van der Waals surface area contributed by atoms with Crippen molar-refractivity contribution in [1.82, 2.24) is 4.90 Å². The molecule has 0 bridgehead atoms. The van der Waals surface area contributed by atoms with Gasteiger partial charge in [0.2, 0.25) is 5.91 Å². The predicted molar refractivity (Wildman–Crippen MR) is 103 cm³/mol. The van der Waals surface area contributed by atoms with Crippen LogP contribution in [0, 0.1) is 12.3 Å². The third-order valence-corrected chi connectivity index (χ3v) is 6.26. The Labute approximate surface area is 162 Å². The number of phenols is 1. The van der Waals surface area contributed by atoms with Crippen LogP contribution in [0.4, 0.5) is 0 Å². The van der Waals surface area contributed by atoms with Gasteiger partial charge in [0, 0.05) is 37.8 Å². The number of rotatable bonds is 3. The van der Waals surface area contributed by atoms with Crippen molar-refractivity contribution in [3.05, 3.63) is 33.7 Å². The Hall–Kier alpha value is -2.54. The van der Waals surface area contributed by atoms with Gasteiger partial charge in [0.25, 0.3) is 0 Å². The highest BCUT2D eigenvalue weighted by Crippen LogP contribution is 2.40. The number of hydrogen-bond donors (Lipinski definition) is 1. The number of fused-ring (bicyclic) bond motifs is 1. The summed E-state index contributed by atoms with van der Waals surface area (Å²) < 4.78 is 16.0. The molecule has 1 N–H and O–H groups in total. The van der Waals surface area contributed by atoms with E-state index in [0.29, 0.717) is 22.3 Å². The largest absolute Gasteiger partial charge is 0.504 e. The van der Waals surface area contributed by atoms with Crippen LogP contribution >= 0.6 is 0 Å². The molecule has 0 saturated carbocycles. The first-order valence-electron chi connectivity index (χ1n) is 9.61. The second-order valence-electron chi connectivity index (χ2n) is 7.87. The van der Waals surface area contributed by atoms with Gasteiger partial charge in [-0.25, -0.2) is 4.79 Å². The number of amides is 1. The molecule has 0 radical (unpaired) electrons. The first kappa shape index (κ1) is 18.8. The average molecular weight is 387 g/mol. The third-order valence-electron chi connectivity index (χ3n) is 6.26. The smallest absolute Gasteiger partial charge is 0.340 e. The van der Waals surface area contributed by atoms with Gasteiger partial charge in [0.05, 0.1) is 19.1 Å². The minimum atomic E-state index is -0.539. The normalized spacial score (nSPS) is 18.7. The van der Waals surface area contributed by atoms with Crippen molar-refractivity contribution < 1.29 is 23.8 Å². The number of carbonyl (C=O) groups is 1. The summed E-state index contributed by atoms with van der Waals surface area (Å²) in [6, 6.07) is 2.99. The average Bonchev–Trinajstić information content (AvgIpc) is 3.08. The maximum absolute atomic E-state index is 12.9. The molecule has 2 aromatic rings. The lowest BCUT2D eigenvalue weighted by molar-refractivity contribution is -0.130. The van der Waals surface area contributed by atoms with Gasteiger partial charge in [0.15, 0.2) is 11.5 Å². The van der Waals surface area contributed by atoms with Crippen LogP contribution in [0.15, 0.2) is 21.3 Å². The SMILES string of the molecule is COc1cc2c(C)c(CC(=O)N3CCC4(CCOCC4)C3)c(=O)oc2cc1O. The second-order valence-corrected chi connectivity index (χ2v) is 7.87. The van der Waals surface area contributed by atoms with Gasteiger partial charge in [0.1, 0.15) is 5.58 Å².